The van der Waals surface area contributed by atoms with Gasteiger partial charge in [-0.1, -0.05) is 17.7 Å². The average molecular weight is 304 g/mol. The summed E-state index contributed by atoms with van der Waals surface area (Å²) in [6, 6.07) is 10.3. The van der Waals surface area contributed by atoms with Crippen LogP contribution in [0.15, 0.2) is 47.7 Å². The highest BCUT2D eigenvalue weighted by Crippen LogP contribution is 2.22. The van der Waals surface area contributed by atoms with Crippen molar-refractivity contribution in [3.63, 3.8) is 0 Å². The topological polar surface area (TPSA) is 63.6 Å². The summed E-state index contributed by atoms with van der Waals surface area (Å²) in [5.74, 6) is 0.0345. The van der Waals surface area contributed by atoms with Crippen molar-refractivity contribution < 1.29 is 9.53 Å². The quantitative estimate of drug-likeness (QED) is 0.698. The lowest BCUT2D eigenvalue weighted by molar-refractivity contribution is 0.0952. The summed E-state index contributed by atoms with van der Waals surface area (Å²) in [5, 5.41) is 4.48. The number of aromatic nitrogens is 1. The van der Waals surface area contributed by atoms with Crippen LogP contribution in [0, 0.1) is 0 Å². The van der Waals surface area contributed by atoms with Gasteiger partial charge >= 0.3 is 0 Å². The Hall–Kier alpha value is -2.40. The van der Waals surface area contributed by atoms with Crippen molar-refractivity contribution in [1.29, 1.82) is 0 Å². The number of nitrogens with one attached hydrogen (secondary N) is 1. The number of nitrogens with zero attached hydrogens (tertiary/aromatic N) is 2. The molecule has 1 amide bonds. The van der Waals surface area contributed by atoms with Crippen molar-refractivity contribution in [2.45, 2.75) is 6.92 Å². The maximum absolute atomic E-state index is 12.1. The van der Waals surface area contributed by atoms with Gasteiger partial charge in [0.15, 0.2) is 0 Å². The fourth-order valence-corrected chi connectivity index (χ4v) is 1.86. The van der Waals surface area contributed by atoms with Gasteiger partial charge in [0, 0.05) is 11.2 Å². The normalized spacial score (nSPS) is 11.1. The maximum Gasteiger partial charge on any atom is 0.275 e. The molecule has 1 N–H and O–H groups in total. The fourth-order valence-electron chi connectivity index (χ4n) is 1.69. The number of hydrogen-bond acceptors (Lipinski definition) is 4. The monoisotopic (exact) mass is 303 g/mol. The molecule has 1 heterocycles. The van der Waals surface area contributed by atoms with E-state index in [0.29, 0.717) is 27.7 Å². The first-order chi connectivity index (χ1) is 10.1. The molecule has 0 aliphatic rings. The summed E-state index contributed by atoms with van der Waals surface area (Å²) in [5.41, 5.74) is 4.08. The van der Waals surface area contributed by atoms with Crippen molar-refractivity contribution in [1.82, 2.24) is 10.4 Å². The molecule has 0 bridgehead atoms. The van der Waals surface area contributed by atoms with Crippen LogP contribution in [0.2, 0.25) is 5.02 Å². The van der Waals surface area contributed by atoms with Gasteiger partial charge in [-0.3, -0.25) is 9.78 Å². The van der Waals surface area contributed by atoms with Gasteiger partial charge in [0.2, 0.25) is 0 Å². The Balaban J connectivity index is 2.17. The van der Waals surface area contributed by atoms with Gasteiger partial charge < -0.3 is 4.74 Å². The molecule has 1 aromatic carbocycles. The minimum absolute atomic E-state index is 0.322. The van der Waals surface area contributed by atoms with Gasteiger partial charge in [-0.15, -0.1) is 0 Å². The van der Waals surface area contributed by atoms with Crippen molar-refractivity contribution in [2.75, 3.05) is 7.11 Å². The average Bonchev–Trinajstić information content (AvgIpc) is 2.53. The van der Waals surface area contributed by atoms with E-state index < -0.39 is 5.91 Å². The van der Waals surface area contributed by atoms with Crippen LogP contribution in [0.25, 0.3) is 0 Å². The third kappa shape index (κ3) is 3.79. The number of methoxy groups -OCH3 is 1. The van der Waals surface area contributed by atoms with Crippen LogP contribution in [0.3, 0.4) is 0 Å². The van der Waals surface area contributed by atoms with E-state index >= 15 is 0 Å². The lowest BCUT2D eigenvalue weighted by Crippen LogP contribution is -2.20. The summed E-state index contributed by atoms with van der Waals surface area (Å²) in [6.45, 7) is 1.76. The van der Waals surface area contributed by atoms with Crippen molar-refractivity contribution >= 4 is 23.2 Å². The second-order valence-electron chi connectivity index (χ2n) is 4.20. The summed E-state index contributed by atoms with van der Waals surface area (Å²) >= 11 is 5.90. The van der Waals surface area contributed by atoms with Crippen LogP contribution in [0.5, 0.6) is 5.75 Å². The Morgan fingerprint density at radius 2 is 2.14 bits per heavy atom. The number of pyridine rings is 1. The van der Waals surface area contributed by atoms with Crippen LogP contribution in [0.1, 0.15) is 23.0 Å². The van der Waals surface area contributed by atoms with Gasteiger partial charge in [-0.05, 0) is 37.3 Å². The first kappa shape index (κ1) is 15.0. The van der Waals surface area contributed by atoms with Crippen molar-refractivity contribution in [3.8, 4) is 5.75 Å². The minimum Gasteiger partial charge on any atom is -0.496 e. The summed E-state index contributed by atoms with van der Waals surface area (Å²) in [4.78, 5) is 16.3. The highest BCUT2D eigenvalue weighted by atomic mass is 35.5. The molecule has 1 aromatic heterocycles. The first-order valence-electron chi connectivity index (χ1n) is 6.21. The molecular formula is C15H14ClN3O2. The third-order valence-electron chi connectivity index (χ3n) is 2.77. The Labute approximate surface area is 127 Å². The van der Waals surface area contributed by atoms with Crippen LogP contribution in [-0.4, -0.2) is 23.7 Å². The van der Waals surface area contributed by atoms with Gasteiger partial charge in [0.05, 0.1) is 24.1 Å². The Bertz CT molecular complexity index is 672. The lowest BCUT2D eigenvalue weighted by atomic mass is 10.2. The zero-order valence-corrected chi connectivity index (χ0v) is 12.4. The molecule has 0 radical (unpaired) electrons. The van der Waals surface area contributed by atoms with Crippen molar-refractivity contribution in [2.24, 2.45) is 5.10 Å². The fraction of sp³-hybridized carbons (Fsp3) is 0.133. The summed E-state index contributed by atoms with van der Waals surface area (Å²) in [7, 11) is 1.49. The van der Waals surface area contributed by atoms with E-state index in [1.165, 1.54) is 13.2 Å². The van der Waals surface area contributed by atoms with Gasteiger partial charge in [-0.25, -0.2) is 5.43 Å². The maximum atomic E-state index is 12.1. The number of ether oxygens (including phenoxy) is 1. The number of benzene rings is 1. The number of carbonyl (C=O) groups excluding carboxylic acids is 1. The summed E-state index contributed by atoms with van der Waals surface area (Å²) in [6.07, 6.45) is 1.66. The number of hydrogen-bond donors (Lipinski definition) is 1. The van der Waals surface area contributed by atoms with Crippen LogP contribution < -0.4 is 10.2 Å². The molecule has 0 saturated heterocycles. The molecule has 2 aromatic rings. The molecule has 5 nitrogen and oxygen atoms in total. The number of halogens is 1. The molecular weight excluding hydrogens is 290 g/mol. The molecule has 0 aliphatic heterocycles. The van der Waals surface area contributed by atoms with E-state index in [1.54, 1.807) is 25.3 Å². The molecule has 2 rings (SSSR count). The molecule has 0 saturated carbocycles. The third-order valence-corrected chi connectivity index (χ3v) is 3.00. The minimum atomic E-state index is -0.398. The second kappa shape index (κ2) is 6.85. The highest BCUT2D eigenvalue weighted by molar-refractivity contribution is 6.31. The molecule has 108 valence electrons. The standard InChI is InChI=1S/C15H14ClN3O2/c1-10(13-5-3-4-8-17-13)18-19-15(20)12-9-11(16)6-7-14(12)21-2/h3-9H,1-2H3,(H,19,20)/b18-10-. The van der Waals surface area contributed by atoms with Gasteiger partial charge in [-0.2, -0.15) is 5.10 Å². The van der Waals surface area contributed by atoms with Crippen LogP contribution in [-0.2, 0) is 0 Å². The number of rotatable bonds is 4. The molecule has 0 unspecified atom stereocenters. The number of carbonyl (C=O) groups is 1. The predicted molar refractivity (Wildman–Crippen MR) is 81.9 cm³/mol. The zero-order chi connectivity index (χ0) is 15.2. The van der Waals surface area contributed by atoms with Crippen molar-refractivity contribution in [3.05, 3.63) is 58.9 Å². The first-order valence-corrected chi connectivity index (χ1v) is 6.59. The van der Waals surface area contributed by atoms with E-state index in [-0.39, 0.29) is 0 Å². The Kier molecular flexibility index (Phi) is 4.90. The molecule has 21 heavy (non-hydrogen) atoms. The van der Waals surface area contributed by atoms with E-state index in [2.05, 4.69) is 15.5 Å². The van der Waals surface area contributed by atoms with E-state index in [9.17, 15) is 4.79 Å². The molecule has 0 atom stereocenters. The predicted octanol–water partition coefficient (Wildman–Crippen LogP) is 2.90. The molecule has 0 aliphatic carbocycles. The van der Waals surface area contributed by atoms with E-state index in [4.69, 9.17) is 16.3 Å². The van der Waals surface area contributed by atoms with Gasteiger partial charge in [0.1, 0.15) is 5.75 Å². The highest BCUT2D eigenvalue weighted by Gasteiger charge is 2.12. The Morgan fingerprint density at radius 3 is 2.81 bits per heavy atom. The second-order valence-corrected chi connectivity index (χ2v) is 4.63. The molecule has 6 heteroatoms. The summed E-state index contributed by atoms with van der Waals surface area (Å²) < 4.78 is 5.13. The van der Waals surface area contributed by atoms with Crippen LogP contribution >= 0.6 is 11.6 Å². The molecule has 0 spiro atoms. The SMILES string of the molecule is COc1ccc(Cl)cc1C(=O)N/N=C(/C)c1ccccn1. The van der Waals surface area contributed by atoms with Gasteiger partial charge in [0.25, 0.3) is 5.91 Å². The van der Waals surface area contributed by atoms with Crippen LogP contribution in [0.4, 0.5) is 0 Å². The smallest absolute Gasteiger partial charge is 0.275 e. The zero-order valence-electron chi connectivity index (χ0n) is 11.6. The largest absolute Gasteiger partial charge is 0.496 e. The number of amides is 1. The lowest BCUT2D eigenvalue weighted by Gasteiger charge is -2.07. The Morgan fingerprint density at radius 1 is 1.33 bits per heavy atom. The van der Waals surface area contributed by atoms with E-state index in [1.807, 2.05) is 18.2 Å². The van der Waals surface area contributed by atoms with E-state index in [0.717, 1.165) is 0 Å². The number of hydrazone groups is 1. The molecule has 0 fully saturated rings.